The van der Waals surface area contributed by atoms with Crippen LogP contribution in [-0.4, -0.2) is 11.1 Å². The fraction of sp³-hybridized carbons (Fsp3) is 0.133. The van der Waals surface area contributed by atoms with Gasteiger partial charge in [0.2, 0.25) is 0 Å². The molecular weight excluding hydrogens is 327 g/mol. The number of hydrogen-bond donors (Lipinski definition) is 1. The highest BCUT2D eigenvalue weighted by Crippen LogP contribution is 2.22. The lowest BCUT2D eigenvalue weighted by molar-refractivity contribution is 0.0696. The zero-order valence-corrected chi connectivity index (χ0v) is 12.3. The van der Waals surface area contributed by atoms with Crippen LogP contribution in [-0.2, 0) is 6.61 Å². The van der Waals surface area contributed by atoms with Gasteiger partial charge in [0.15, 0.2) is 0 Å². The zero-order chi connectivity index (χ0) is 14.7. The van der Waals surface area contributed by atoms with E-state index in [-0.39, 0.29) is 18.0 Å². The van der Waals surface area contributed by atoms with Crippen LogP contribution in [0.1, 0.15) is 21.5 Å². The lowest BCUT2D eigenvalue weighted by Gasteiger charge is -2.09. The van der Waals surface area contributed by atoms with Gasteiger partial charge >= 0.3 is 5.97 Å². The van der Waals surface area contributed by atoms with Crippen molar-refractivity contribution in [1.29, 1.82) is 0 Å². The normalized spacial score (nSPS) is 10.3. The van der Waals surface area contributed by atoms with Crippen LogP contribution >= 0.6 is 15.9 Å². The molecule has 0 fully saturated rings. The van der Waals surface area contributed by atoms with Crippen LogP contribution in [0, 0.1) is 12.7 Å². The zero-order valence-electron chi connectivity index (χ0n) is 10.7. The summed E-state index contributed by atoms with van der Waals surface area (Å²) in [5.41, 5.74) is 1.54. The van der Waals surface area contributed by atoms with Gasteiger partial charge in [-0.05, 0) is 42.8 Å². The second-order valence-corrected chi connectivity index (χ2v) is 5.17. The Hall–Kier alpha value is -1.88. The summed E-state index contributed by atoms with van der Waals surface area (Å²) in [4.78, 5) is 10.8. The smallest absolute Gasteiger partial charge is 0.335 e. The Bertz CT molecular complexity index is 656. The number of rotatable bonds is 4. The number of aryl methyl sites for hydroxylation is 1. The highest BCUT2D eigenvalue weighted by molar-refractivity contribution is 9.10. The Kier molecular flexibility index (Phi) is 4.39. The van der Waals surface area contributed by atoms with E-state index in [1.165, 1.54) is 18.2 Å². The fourth-order valence-corrected chi connectivity index (χ4v) is 2.16. The summed E-state index contributed by atoms with van der Waals surface area (Å²) in [6.45, 7) is 1.94. The molecule has 104 valence electrons. The quantitative estimate of drug-likeness (QED) is 0.909. The summed E-state index contributed by atoms with van der Waals surface area (Å²) in [5.74, 6) is -0.685. The highest BCUT2D eigenvalue weighted by atomic mass is 79.9. The number of carboxylic acids is 1. The monoisotopic (exact) mass is 338 g/mol. The van der Waals surface area contributed by atoms with Gasteiger partial charge in [0.1, 0.15) is 18.2 Å². The van der Waals surface area contributed by atoms with Crippen molar-refractivity contribution in [2.45, 2.75) is 13.5 Å². The average Bonchev–Trinajstić information content (AvgIpc) is 2.41. The third-order valence-corrected chi connectivity index (χ3v) is 3.56. The molecule has 0 radical (unpaired) electrons. The molecule has 0 aliphatic carbocycles. The van der Waals surface area contributed by atoms with Crippen LogP contribution in [0.2, 0.25) is 0 Å². The Morgan fingerprint density at radius 1 is 1.30 bits per heavy atom. The van der Waals surface area contributed by atoms with Crippen LogP contribution in [0.4, 0.5) is 4.39 Å². The summed E-state index contributed by atoms with van der Waals surface area (Å²) in [5, 5.41) is 8.88. The highest BCUT2D eigenvalue weighted by Gasteiger charge is 2.07. The molecule has 0 unspecified atom stereocenters. The molecule has 2 rings (SSSR count). The van der Waals surface area contributed by atoms with E-state index < -0.39 is 5.97 Å². The SMILES string of the molecule is Cc1cc(OCc2ccc(C(=O)O)cc2Br)ccc1F. The number of hydrogen-bond acceptors (Lipinski definition) is 2. The van der Waals surface area contributed by atoms with Gasteiger partial charge in [-0.15, -0.1) is 0 Å². The van der Waals surface area contributed by atoms with E-state index in [1.807, 2.05) is 0 Å². The van der Waals surface area contributed by atoms with Crippen molar-refractivity contribution in [3.05, 3.63) is 63.4 Å². The summed E-state index contributed by atoms with van der Waals surface area (Å²) >= 11 is 3.31. The van der Waals surface area contributed by atoms with Crippen LogP contribution in [0.25, 0.3) is 0 Å². The topological polar surface area (TPSA) is 46.5 Å². The molecule has 0 aliphatic rings. The molecule has 0 saturated carbocycles. The van der Waals surface area contributed by atoms with Crippen molar-refractivity contribution in [1.82, 2.24) is 0 Å². The van der Waals surface area contributed by atoms with Crippen LogP contribution in [0.5, 0.6) is 5.75 Å². The lowest BCUT2D eigenvalue weighted by Crippen LogP contribution is -2.00. The van der Waals surface area contributed by atoms with Gasteiger partial charge in [0.25, 0.3) is 0 Å². The molecule has 0 aliphatic heterocycles. The average molecular weight is 339 g/mol. The van der Waals surface area contributed by atoms with E-state index in [4.69, 9.17) is 9.84 Å². The van der Waals surface area contributed by atoms with Crippen molar-refractivity contribution in [2.75, 3.05) is 0 Å². The van der Waals surface area contributed by atoms with Gasteiger partial charge < -0.3 is 9.84 Å². The Balaban J connectivity index is 2.10. The molecule has 3 nitrogen and oxygen atoms in total. The van der Waals surface area contributed by atoms with Crippen molar-refractivity contribution >= 4 is 21.9 Å². The Morgan fingerprint density at radius 2 is 2.05 bits per heavy atom. The third-order valence-electron chi connectivity index (χ3n) is 2.82. The van der Waals surface area contributed by atoms with Crippen molar-refractivity contribution < 1.29 is 19.0 Å². The number of benzene rings is 2. The van der Waals surface area contributed by atoms with E-state index in [1.54, 1.807) is 25.1 Å². The number of carbonyl (C=O) groups is 1. The molecule has 0 atom stereocenters. The number of carboxylic acid groups (broad SMARTS) is 1. The van der Waals surface area contributed by atoms with E-state index >= 15 is 0 Å². The molecule has 1 N–H and O–H groups in total. The standard InChI is InChI=1S/C15H12BrFO3/c1-9-6-12(4-5-14(9)17)20-8-11-3-2-10(15(18)19)7-13(11)16/h2-7H,8H2,1H3,(H,18,19). The first-order valence-corrected chi connectivity index (χ1v) is 6.67. The lowest BCUT2D eigenvalue weighted by atomic mass is 10.1. The predicted molar refractivity (Wildman–Crippen MR) is 76.6 cm³/mol. The first-order valence-electron chi connectivity index (χ1n) is 5.88. The minimum atomic E-state index is -0.979. The Labute approximate surface area is 124 Å². The molecule has 0 amide bonds. The maximum Gasteiger partial charge on any atom is 0.335 e. The van der Waals surface area contributed by atoms with E-state index in [0.717, 1.165) is 5.56 Å². The van der Waals surface area contributed by atoms with Crippen LogP contribution < -0.4 is 4.74 Å². The number of ether oxygens (including phenoxy) is 1. The minimum absolute atomic E-state index is 0.207. The van der Waals surface area contributed by atoms with Gasteiger partial charge in [-0.25, -0.2) is 9.18 Å². The molecular formula is C15H12BrFO3. The number of halogens is 2. The maximum absolute atomic E-state index is 13.1. The fourth-order valence-electron chi connectivity index (χ4n) is 1.67. The first-order chi connectivity index (χ1) is 9.47. The second-order valence-electron chi connectivity index (χ2n) is 4.31. The minimum Gasteiger partial charge on any atom is -0.489 e. The van der Waals surface area contributed by atoms with Gasteiger partial charge in [-0.2, -0.15) is 0 Å². The second kappa shape index (κ2) is 6.05. The summed E-state index contributed by atoms with van der Waals surface area (Å²) in [6.07, 6.45) is 0. The molecule has 5 heteroatoms. The molecule has 0 heterocycles. The maximum atomic E-state index is 13.1. The van der Waals surface area contributed by atoms with Crippen molar-refractivity contribution in [3.8, 4) is 5.75 Å². The summed E-state index contributed by atoms with van der Waals surface area (Å²) in [6, 6.07) is 9.26. The first kappa shape index (κ1) is 14.5. The molecule has 2 aromatic carbocycles. The Morgan fingerprint density at radius 3 is 2.65 bits per heavy atom. The largest absolute Gasteiger partial charge is 0.489 e. The van der Waals surface area contributed by atoms with Crippen LogP contribution in [0.15, 0.2) is 40.9 Å². The summed E-state index contributed by atoms with van der Waals surface area (Å²) < 4.78 is 19.4. The molecule has 2 aromatic rings. The van der Waals surface area contributed by atoms with E-state index in [0.29, 0.717) is 15.8 Å². The van der Waals surface area contributed by atoms with E-state index in [9.17, 15) is 9.18 Å². The third kappa shape index (κ3) is 3.36. The molecule has 20 heavy (non-hydrogen) atoms. The summed E-state index contributed by atoms with van der Waals surface area (Å²) in [7, 11) is 0. The van der Waals surface area contributed by atoms with Crippen molar-refractivity contribution in [3.63, 3.8) is 0 Å². The van der Waals surface area contributed by atoms with Gasteiger partial charge in [-0.3, -0.25) is 0 Å². The molecule has 0 bridgehead atoms. The van der Waals surface area contributed by atoms with Gasteiger partial charge in [0, 0.05) is 10.0 Å². The van der Waals surface area contributed by atoms with Gasteiger partial charge in [-0.1, -0.05) is 22.0 Å². The molecule has 0 spiro atoms. The van der Waals surface area contributed by atoms with Gasteiger partial charge in [0.05, 0.1) is 5.56 Å². The number of aromatic carboxylic acids is 1. The predicted octanol–water partition coefficient (Wildman–Crippen LogP) is 4.17. The van der Waals surface area contributed by atoms with Crippen LogP contribution in [0.3, 0.4) is 0 Å². The molecule has 0 aromatic heterocycles. The van der Waals surface area contributed by atoms with E-state index in [2.05, 4.69) is 15.9 Å². The van der Waals surface area contributed by atoms with Crippen molar-refractivity contribution in [2.24, 2.45) is 0 Å². The molecule has 0 saturated heterocycles.